The largest absolute Gasteiger partial charge is 0.488 e. The van der Waals surface area contributed by atoms with E-state index >= 15 is 0 Å². The fourth-order valence-corrected chi connectivity index (χ4v) is 3.04. The van der Waals surface area contributed by atoms with E-state index in [0.717, 1.165) is 17.8 Å². The Balaban J connectivity index is 2.24. The van der Waals surface area contributed by atoms with Gasteiger partial charge >= 0.3 is 5.63 Å². The summed E-state index contributed by atoms with van der Waals surface area (Å²) >= 11 is 1.05. The van der Waals surface area contributed by atoms with Crippen molar-refractivity contribution >= 4 is 38.9 Å². The Labute approximate surface area is 177 Å². The highest BCUT2D eigenvalue weighted by Crippen LogP contribution is 2.26. The van der Waals surface area contributed by atoms with Crippen LogP contribution in [0.3, 0.4) is 0 Å². The molecule has 0 spiro atoms. The van der Waals surface area contributed by atoms with Gasteiger partial charge in [-0.1, -0.05) is 18.3 Å². The molecule has 1 amide bonds. The molecule has 0 unspecified atom stereocenters. The maximum absolute atomic E-state index is 12.6. The summed E-state index contributed by atoms with van der Waals surface area (Å²) in [5, 5.41) is 13.9. The molecule has 12 heteroatoms. The van der Waals surface area contributed by atoms with Gasteiger partial charge < -0.3 is 24.9 Å². The summed E-state index contributed by atoms with van der Waals surface area (Å²) in [4.78, 5) is 29.0. The Hall–Kier alpha value is -3.25. The van der Waals surface area contributed by atoms with Crippen LogP contribution in [0.5, 0.6) is 5.75 Å². The smallest absolute Gasteiger partial charge is 0.381 e. The molecule has 2 rings (SSSR count). The van der Waals surface area contributed by atoms with E-state index in [0.29, 0.717) is 23.1 Å². The van der Waals surface area contributed by atoms with E-state index in [1.54, 1.807) is 20.1 Å². The first-order valence-corrected chi connectivity index (χ1v) is 9.79. The van der Waals surface area contributed by atoms with Crippen molar-refractivity contribution in [3.05, 3.63) is 34.5 Å². The molecule has 0 fully saturated rings. The molecule has 0 aliphatic heterocycles. The van der Waals surface area contributed by atoms with Crippen molar-refractivity contribution in [1.29, 1.82) is 0 Å². The van der Waals surface area contributed by atoms with Gasteiger partial charge in [-0.3, -0.25) is 10.1 Å². The van der Waals surface area contributed by atoms with Crippen molar-refractivity contribution < 1.29 is 18.7 Å². The number of ether oxygens (including phenoxy) is 2. The van der Waals surface area contributed by atoms with Gasteiger partial charge in [-0.15, -0.1) is 10.2 Å². The molecule has 0 saturated heterocycles. The van der Waals surface area contributed by atoms with Gasteiger partial charge in [0.05, 0.1) is 19.4 Å². The molecule has 4 N–H and O–H groups in total. The number of anilines is 2. The summed E-state index contributed by atoms with van der Waals surface area (Å²) < 4.78 is 15.4. The minimum atomic E-state index is -0.785. The minimum Gasteiger partial charge on any atom is -0.488 e. The highest BCUT2D eigenvalue weighted by molar-refractivity contribution is 7.18. The van der Waals surface area contributed by atoms with E-state index in [-0.39, 0.29) is 22.7 Å². The van der Waals surface area contributed by atoms with Gasteiger partial charge in [0.15, 0.2) is 5.76 Å². The Morgan fingerprint density at radius 1 is 1.43 bits per heavy atom. The summed E-state index contributed by atoms with van der Waals surface area (Å²) in [6, 6.07) is 1.31. The molecule has 1 atom stereocenters. The van der Waals surface area contributed by atoms with Crippen LogP contribution in [0.2, 0.25) is 0 Å². The molecule has 162 valence electrons. The van der Waals surface area contributed by atoms with Crippen molar-refractivity contribution in [2.24, 2.45) is 10.7 Å². The van der Waals surface area contributed by atoms with Crippen molar-refractivity contribution in [1.82, 2.24) is 10.2 Å². The Morgan fingerprint density at radius 2 is 2.20 bits per heavy atom. The van der Waals surface area contributed by atoms with Crippen LogP contribution in [-0.4, -0.2) is 48.7 Å². The lowest BCUT2D eigenvalue weighted by molar-refractivity contribution is 0.0991. The lowest BCUT2D eigenvalue weighted by atomic mass is 10.2. The van der Waals surface area contributed by atoms with Crippen molar-refractivity contribution in [2.45, 2.75) is 26.3 Å². The second kappa shape index (κ2) is 11.1. The number of hydrogen-bond donors (Lipinski definition) is 3. The molecular formula is C18H24N6O5S. The minimum absolute atomic E-state index is 0.0305. The highest BCUT2D eigenvalue weighted by atomic mass is 32.1. The zero-order valence-corrected chi connectivity index (χ0v) is 17.9. The van der Waals surface area contributed by atoms with Crippen molar-refractivity contribution in [3.8, 4) is 5.75 Å². The Morgan fingerprint density at radius 3 is 2.83 bits per heavy atom. The van der Waals surface area contributed by atoms with Crippen LogP contribution in [0.1, 0.15) is 30.8 Å². The van der Waals surface area contributed by atoms with Crippen LogP contribution in [0.25, 0.3) is 0 Å². The van der Waals surface area contributed by atoms with Crippen LogP contribution >= 0.6 is 11.3 Å². The van der Waals surface area contributed by atoms with Crippen molar-refractivity contribution in [3.63, 3.8) is 0 Å². The fourth-order valence-electron chi connectivity index (χ4n) is 2.37. The van der Waals surface area contributed by atoms with E-state index in [4.69, 9.17) is 19.6 Å². The van der Waals surface area contributed by atoms with Gasteiger partial charge in [-0.25, -0.2) is 9.79 Å². The van der Waals surface area contributed by atoms with E-state index in [2.05, 4.69) is 25.8 Å². The zero-order chi connectivity index (χ0) is 22.1. The number of carbonyl (C=O) groups is 1. The number of aromatic nitrogens is 2. The third-order valence-electron chi connectivity index (χ3n) is 3.80. The predicted molar refractivity (Wildman–Crippen MR) is 115 cm³/mol. The maximum Gasteiger partial charge on any atom is 0.381 e. The second-order valence-corrected chi connectivity index (χ2v) is 6.96. The molecule has 30 heavy (non-hydrogen) atoms. The number of rotatable bonds is 10. The number of nitrogens with two attached hydrogens (primary N) is 1. The molecule has 0 aliphatic carbocycles. The molecule has 11 nitrogen and oxygen atoms in total. The van der Waals surface area contributed by atoms with Crippen molar-refractivity contribution in [2.75, 3.05) is 31.5 Å². The van der Waals surface area contributed by atoms with Crippen LogP contribution < -0.4 is 26.7 Å². The molecule has 0 saturated carbocycles. The molecule has 0 aliphatic rings. The number of nitrogens with one attached hydrogen (secondary N) is 2. The van der Waals surface area contributed by atoms with Crippen LogP contribution in [-0.2, 0) is 4.74 Å². The number of hydrogen-bond acceptors (Lipinski definition) is 11. The zero-order valence-electron chi connectivity index (χ0n) is 17.1. The third-order valence-corrected chi connectivity index (χ3v) is 4.53. The molecule has 2 heterocycles. The number of aliphatic imine (C=N–C) groups is 1. The summed E-state index contributed by atoms with van der Waals surface area (Å²) in [6.45, 7) is 4.12. The topological polar surface area (TPSA) is 154 Å². The number of allylic oxidation sites excluding steroid dienone is 1. The molecule has 2 aromatic rings. The van der Waals surface area contributed by atoms with E-state index in [9.17, 15) is 9.59 Å². The van der Waals surface area contributed by atoms with Gasteiger partial charge in [0, 0.05) is 24.9 Å². The third kappa shape index (κ3) is 6.12. The monoisotopic (exact) mass is 436 g/mol. The van der Waals surface area contributed by atoms with Crippen LogP contribution in [0, 0.1) is 0 Å². The first-order valence-electron chi connectivity index (χ1n) is 8.97. The fraction of sp³-hybridized carbons (Fsp3) is 0.389. The average molecular weight is 436 g/mol. The van der Waals surface area contributed by atoms with Crippen LogP contribution in [0.15, 0.2) is 32.5 Å². The number of carbonyl (C=O) groups excluding carboxylic acids is 1. The summed E-state index contributed by atoms with van der Waals surface area (Å²) in [7, 11) is 2.92. The summed E-state index contributed by atoms with van der Waals surface area (Å²) in [6.07, 6.45) is 3.69. The molecule has 0 bridgehead atoms. The quantitative estimate of drug-likeness (QED) is 0.475. The molecule has 2 aromatic heterocycles. The molecule has 0 radical (unpaired) electrons. The van der Waals surface area contributed by atoms with Gasteiger partial charge in [0.2, 0.25) is 16.0 Å². The molecular weight excluding hydrogens is 412 g/mol. The maximum atomic E-state index is 12.6. The average Bonchev–Trinajstić information content (AvgIpc) is 3.14. The van der Waals surface area contributed by atoms with Gasteiger partial charge in [0.1, 0.15) is 0 Å². The first kappa shape index (κ1) is 23.0. The molecule has 0 aromatic carbocycles. The first-order chi connectivity index (χ1) is 14.4. The lowest BCUT2D eigenvalue weighted by Gasteiger charge is -2.18. The number of amides is 1. The Kier molecular flexibility index (Phi) is 8.50. The SMILES string of the molecule is CC[C@@H](COC)Nc1cc(C(=O)Nc2nnc(N=C(C)C=CN)s2)oc(=O)c1OC. The van der Waals surface area contributed by atoms with Gasteiger partial charge in [0.25, 0.3) is 5.91 Å². The second-order valence-electron chi connectivity index (χ2n) is 6.01. The van der Waals surface area contributed by atoms with Gasteiger partial charge in [-0.2, -0.15) is 0 Å². The highest BCUT2D eigenvalue weighted by Gasteiger charge is 2.20. The van der Waals surface area contributed by atoms with E-state index < -0.39 is 11.5 Å². The Bertz CT molecular complexity index is 984. The summed E-state index contributed by atoms with van der Waals surface area (Å²) in [5.41, 5.74) is 5.48. The predicted octanol–water partition coefficient (Wildman–Crippen LogP) is 2.15. The number of methoxy groups -OCH3 is 2. The standard InChI is InChI=1S/C18H24N6O5S/c1-5-11(9-27-3)21-12-8-13(29-16(26)14(12)28-4)15(25)22-18-24-23-17(30-18)20-10(2)6-7-19/h6-8,11,21H,5,9,19H2,1-4H3,(H,22,24,25)/t11-/m0/s1. The number of nitrogens with zero attached hydrogens (tertiary/aromatic N) is 3. The van der Waals surface area contributed by atoms with Gasteiger partial charge in [-0.05, 0) is 25.6 Å². The normalized spacial score (nSPS) is 12.7. The van der Waals surface area contributed by atoms with Crippen LogP contribution in [0.4, 0.5) is 16.0 Å². The lowest BCUT2D eigenvalue weighted by Crippen LogP contribution is -2.26. The van der Waals surface area contributed by atoms with E-state index in [1.807, 2.05) is 6.92 Å². The van der Waals surface area contributed by atoms with E-state index in [1.165, 1.54) is 19.4 Å². The summed E-state index contributed by atoms with van der Waals surface area (Å²) in [5.74, 6) is -0.905.